The van der Waals surface area contributed by atoms with Gasteiger partial charge in [-0.2, -0.15) is 0 Å². The second-order valence-corrected chi connectivity index (χ2v) is 6.40. The van der Waals surface area contributed by atoms with E-state index >= 15 is 0 Å². The molecule has 1 saturated heterocycles. The summed E-state index contributed by atoms with van der Waals surface area (Å²) in [6.45, 7) is 5.13. The van der Waals surface area contributed by atoms with E-state index in [2.05, 4.69) is 15.9 Å². The van der Waals surface area contributed by atoms with Gasteiger partial charge in [-0.05, 0) is 24.8 Å². The maximum absolute atomic E-state index is 12.4. The van der Waals surface area contributed by atoms with Crippen LogP contribution in [0, 0.1) is 6.92 Å². The van der Waals surface area contributed by atoms with E-state index in [1.54, 1.807) is 0 Å². The van der Waals surface area contributed by atoms with Gasteiger partial charge in [0.2, 0.25) is 0 Å². The standard InChI is InChI=1S/C12H15BrClNO2S/c1-7-6-18-11(10(7)14)12(16)15-4-8(2)17-9(3-13)5-15/h6,8-9H,3-5H2,1-2H3. The van der Waals surface area contributed by atoms with E-state index in [0.29, 0.717) is 23.0 Å². The Morgan fingerprint density at radius 1 is 1.67 bits per heavy atom. The molecule has 0 N–H and O–H groups in total. The fourth-order valence-electron chi connectivity index (χ4n) is 2.01. The van der Waals surface area contributed by atoms with Crippen molar-refractivity contribution in [3.8, 4) is 0 Å². The van der Waals surface area contributed by atoms with Crippen LogP contribution in [0.2, 0.25) is 5.02 Å². The molecule has 2 atom stereocenters. The molecule has 0 radical (unpaired) electrons. The van der Waals surface area contributed by atoms with Crippen LogP contribution < -0.4 is 0 Å². The smallest absolute Gasteiger partial charge is 0.265 e. The van der Waals surface area contributed by atoms with Crippen LogP contribution in [0.15, 0.2) is 5.38 Å². The van der Waals surface area contributed by atoms with Gasteiger partial charge in [-0.25, -0.2) is 0 Å². The van der Waals surface area contributed by atoms with Crippen molar-refractivity contribution in [3.63, 3.8) is 0 Å². The SMILES string of the molecule is Cc1csc(C(=O)N2CC(C)OC(CBr)C2)c1Cl. The third-order valence-electron chi connectivity index (χ3n) is 2.88. The van der Waals surface area contributed by atoms with Gasteiger partial charge in [-0.15, -0.1) is 11.3 Å². The van der Waals surface area contributed by atoms with Crippen LogP contribution in [-0.2, 0) is 4.74 Å². The molecule has 2 unspecified atom stereocenters. The Morgan fingerprint density at radius 3 is 2.94 bits per heavy atom. The highest BCUT2D eigenvalue weighted by Crippen LogP contribution is 2.29. The lowest BCUT2D eigenvalue weighted by Crippen LogP contribution is -2.49. The first kappa shape index (κ1) is 14.3. The first-order valence-electron chi connectivity index (χ1n) is 5.77. The summed E-state index contributed by atoms with van der Waals surface area (Å²) in [6, 6.07) is 0. The highest BCUT2D eigenvalue weighted by Gasteiger charge is 2.30. The largest absolute Gasteiger partial charge is 0.371 e. The van der Waals surface area contributed by atoms with Crippen molar-refractivity contribution in [2.45, 2.75) is 26.1 Å². The van der Waals surface area contributed by atoms with Gasteiger partial charge in [0.25, 0.3) is 5.91 Å². The van der Waals surface area contributed by atoms with Crippen LogP contribution in [0.25, 0.3) is 0 Å². The van der Waals surface area contributed by atoms with Crippen LogP contribution in [0.1, 0.15) is 22.2 Å². The molecule has 0 saturated carbocycles. The average Bonchev–Trinajstić information content (AvgIpc) is 2.68. The second-order valence-electron chi connectivity index (χ2n) is 4.49. The number of alkyl halides is 1. The maximum Gasteiger partial charge on any atom is 0.265 e. The van der Waals surface area contributed by atoms with Gasteiger partial charge in [0.1, 0.15) is 4.88 Å². The normalized spacial score (nSPS) is 24.3. The highest BCUT2D eigenvalue weighted by molar-refractivity contribution is 9.09. The van der Waals surface area contributed by atoms with E-state index in [4.69, 9.17) is 16.3 Å². The summed E-state index contributed by atoms with van der Waals surface area (Å²) in [5.74, 6) is 0.0131. The van der Waals surface area contributed by atoms with Crippen molar-refractivity contribution in [1.29, 1.82) is 0 Å². The number of morpholine rings is 1. The Labute approximate surface area is 124 Å². The van der Waals surface area contributed by atoms with Crippen molar-refractivity contribution in [1.82, 2.24) is 4.90 Å². The quantitative estimate of drug-likeness (QED) is 0.764. The zero-order valence-electron chi connectivity index (χ0n) is 10.3. The molecule has 1 aliphatic heterocycles. The number of nitrogens with zero attached hydrogens (tertiary/aromatic N) is 1. The van der Waals surface area contributed by atoms with E-state index in [0.717, 1.165) is 10.9 Å². The predicted molar refractivity (Wildman–Crippen MR) is 78.1 cm³/mol. The lowest BCUT2D eigenvalue weighted by atomic mass is 10.2. The van der Waals surface area contributed by atoms with E-state index in [9.17, 15) is 4.79 Å². The lowest BCUT2D eigenvalue weighted by Gasteiger charge is -2.36. The molecule has 100 valence electrons. The molecule has 1 aromatic rings. The number of halogens is 2. The van der Waals surface area contributed by atoms with E-state index in [1.807, 2.05) is 24.1 Å². The first-order valence-corrected chi connectivity index (χ1v) is 8.15. The summed E-state index contributed by atoms with van der Waals surface area (Å²) in [6.07, 6.45) is 0.114. The van der Waals surface area contributed by atoms with E-state index in [-0.39, 0.29) is 18.1 Å². The Balaban J connectivity index is 2.15. The number of hydrogen-bond donors (Lipinski definition) is 0. The Morgan fingerprint density at radius 2 is 2.39 bits per heavy atom. The molecule has 1 amide bonds. The van der Waals surface area contributed by atoms with Crippen molar-refractivity contribution in [3.05, 3.63) is 20.8 Å². The number of aryl methyl sites for hydroxylation is 1. The number of amides is 1. The number of carbonyl (C=O) groups is 1. The van der Waals surface area contributed by atoms with Crippen molar-refractivity contribution in [2.75, 3.05) is 18.4 Å². The number of rotatable bonds is 2. The summed E-state index contributed by atoms with van der Waals surface area (Å²) in [7, 11) is 0. The third kappa shape index (κ3) is 2.90. The molecule has 1 aliphatic rings. The van der Waals surface area contributed by atoms with Crippen molar-refractivity contribution in [2.24, 2.45) is 0 Å². The van der Waals surface area contributed by atoms with Crippen LogP contribution in [0.3, 0.4) is 0 Å². The molecule has 0 aliphatic carbocycles. The summed E-state index contributed by atoms with van der Waals surface area (Å²) in [5.41, 5.74) is 0.961. The first-order chi connectivity index (χ1) is 8.52. The average molecular weight is 353 g/mol. The van der Waals surface area contributed by atoms with Crippen LogP contribution in [0.4, 0.5) is 0 Å². The van der Waals surface area contributed by atoms with Crippen LogP contribution in [0.5, 0.6) is 0 Å². The molecule has 1 aromatic heterocycles. The molecular weight excluding hydrogens is 338 g/mol. The number of ether oxygens (including phenoxy) is 1. The predicted octanol–water partition coefficient (Wildman–Crippen LogP) is 3.33. The summed E-state index contributed by atoms with van der Waals surface area (Å²) < 4.78 is 5.72. The number of hydrogen-bond acceptors (Lipinski definition) is 3. The molecule has 6 heteroatoms. The van der Waals surface area contributed by atoms with E-state index < -0.39 is 0 Å². The summed E-state index contributed by atoms with van der Waals surface area (Å²) in [4.78, 5) is 14.9. The zero-order chi connectivity index (χ0) is 13.3. The van der Waals surface area contributed by atoms with Gasteiger partial charge in [0, 0.05) is 18.4 Å². The van der Waals surface area contributed by atoms with Gasteiger partial charge >= 0.3 is 0 Å². The van der Waals surface area contributed by atoms with Gasteiger partial charge in [-0.1, -0.05) is 27.5 Å². The molecule has 1 fully saturated rings. The third-order valence-corrected chi connectivity index (χ3v) is 5.29. The van der Waals surface area contributed by atoms with Gasteiger partial charge in [0.15, 0.2) is 0 Å². The van der Waals surface area contributed by atoms with Crippen molar-refractivity contribution < 1.29 is 9.53 Å². The van der Waals surface area contributed by atoms with E-state index in [1.165, 1.54) is 11.3 Å². The maximum atomic E-state index is 12.4. The summed E-state index contributed by atoms with van der Waals surface area (Å²) in [5, 5.41) is 3.24. The van der Waals surface area contributed by atoms with Crippen LogP contribution >= 0.6 is 38.9 Å². The zero-order valence-corrected chi connectivity index (χ0v) is 13.4. The Hall–Kier alpha value is -0.100. The topological polar surface area (TPSA) is 29.5 Å². The minimum atomic E-state index is 0.0131. The minimum Gasteiger partial charge on any atom is -0.371 e. The molecule has 18 heavy (non-hydrogen) atoms. The van der Waals surface area contributed by atoms with Gasteiger partial charge in [0.05, 0.1) is 17.2 Å². The second kappa shape index (κ2) is 5.90. The molecule has 0 aromatic carbocycles. The molecule has 2 rings (SSSR count). The van der Waals surface area contributed by atoms with Crippen LogP contribution in [-0.4, -0.2) is 41.4 Å². The fourth-order valence-corrected chi connectivity index (χ4v) is 3.61. The Bertz CT molecular complexity index is 451. The van der Waals surface area contributed by atoms with Crippen molar-refractivity contribution >= 4 is 44.8 Å². The number of thiophene rings is 1. The molecule has 2 heterocycles. The fraction of sp³-hybridized carbons (Fsp3) is 0.583. The molecule has 0 spiro atoms. The Kier molecular flexibility index (Phi) is 4.69. The van der Waals surface area contributed by atoms with Gasteiger partial charge < -0.3 is 9.64 Å². The number of carbonyl (C=O) groups excluding carboxylic acids is 1. The molecule has 0 bridgehead atoms. The summed E-state index contributed by atoms with van der Waals surface area (Å²) >= 11 is 11.0. The lowest BCUT2D eigenvalue weighted by molar-refractivity contribution is -0.0558. The molecule has 3 nitrogen and oxygen atoms in total. The highest BCUT2D eigenvalue weighted by atomic mass is 79.9. The van der Waals surface area contributed by atoms with Gasteiger partial charge in [-0.3, -0.25) is 4.79 Å². The minimum absolute atomic E-state index is 0.0131. The monoisotopic (exact) mass is 351 g/mol. The molecular formula is C12H15BrClNO2S.